The number of carbonyl (C=O) groups is 1. The normalized spacial score (nSPS) is 24.9. The fourth-order valence-electron chi connectivity index (χ4n) is 3.44. The minimum absolute atomic E-state index is 0.109. The van der Waals surface area contributed by atoms with Crippen molar-refractivity contribution >= 4 is 5.91 Å². The number of likely N-dealkylation sites (tertiary alicyclic amines) is 2. The molecule has 2 atom stereocenters. The van der Waals surface area contributed by atoms with Gasteiger partial charge in [-0.3, -0.25) is 9.69 Å². The van der Waals surface area contributed by atoms with Crippen LogP contribution in [-0.2, 0) is 0 Å². The van der Waals surface area contributed by atoms with E-state index in [0.29, 0.717) is 29.6 Å². The molecule has 2 fully saturated rings. The zero-order valence-electron chi connectivity index (χ0n) is 13.2. The highest BCUT2D eigenvalue weighted by Crippen LogP contribution is 2.34. The van der Waals surface area contributed by atoms with E-state index in [1.807, 2.05) is 17.9 Å². The Hall–Kier alpha value is -1.62. The lowest BCUT2D eigenvalue weighted by Crippen LogP contribution is -2.70. The summed E-state index contributed by atoms with van der Waals surface area (Å²) < 4.78 is 5.15. The van der Waals surface area contributed by atoms with Crippen LogP contribution >= 0.6 is 0 Å². The zero-order chi connectivity index (χ0) is 15.1. The van der Waals surface area contributed by atoms with E-state index in [0.717, 1.165) is 25.1 Å². The van der Waals surface area contributed by atoms with E-state index < -0.39 is 0 Å². The van der Waals surface area contributed by atoms with E-state index in [1.54, 1.807) is 13.3 Å². The predicted molar refractivity (Wildman–Crippen MR) is 80.6 cm³/mol. The van der Waals surface area contributed by atoms with Crippen LogP contribution in [0.5, 0.6) is 5.88 Å². The first-order valence-corrected chi connectivity index (χ1v) is 7.58. The highest BCUT2D eigenvalue weighted by molar-refractivity contribution is 5.95. The summed E-state index contributed by atoms with van der Waals surface area (Å²) in [4.78, 5) is 21.4. The summed E-state index contributed by atoms with van der Waals surface area (Å²) in [5, 5.41) is 0. The number of hydrogen-bond acceptors (Lipinski definition) is 4. The molecule has 1 aromatic rings. The van der Waals surface area contributed by atoms with Gasteiger partial charge < -0.3 is 9.64 Å². The van der Waals surface area contributed by atoms with Crippen LogP contribution in [0.3, 0.4) is 0 Å². The topological polar surface area (TPSA) is 45.7 Å². The average Bonchev–Trinajstić information content (AvgIpc) is 2.47. The number of pyridine rings is 1. The van der Waals surface area contributed by atoms with Crippen molar-refractivity contribution in [3.63, 3.8) is 0 Å². The Morgan fingerprint density at radius 3 is 2.57 bits per heavy atom. The van der Waals surface area contributed by atoms with E-state index in [4.69, 9.17) is 4.74 Å². The van der Waals surface area contributed by atoms with Gasteiger partial charge in [-0.15, -0.1) is 0 Å². The van der Waals surface area contributed by atoms with Crippen LogP contribution in [0.2, 0.25) is 0 Å². The molecule has 2 unspecified atom stereocenters. The smallest absolute Gasteiger partial charge is 0.256 e. The third kappa shape index (κ3) is 2.39. The fraction of sp³-hybridized carbons (Fsp3) is 0.625. The number of piperidine rings is 1. The monoisotopic (exact) mass is 289 g/mol. The molecule has 5 heteroatoms. The van der Waals surface area contributed by atoms with E-state index in [9.17, 15) is 4.79 Å². The van der Waals surface area contributed by atoms with Crippen LogP contribution in [-0.4, -0.2) is 59.0 Å². The minimum Gasteiger partial charge on any atom is -0.481 e. The molecule has 0 saturated carbocycles. The number of amides is 1. The van der Waals surface area contributed by atoms with Gasteiger partial charge in [0.1, 0.15) is 0 Å². The number of aromatic nitrogens is 1. The van der Waals surface area contributed by atoms with Crippen molar-refractivity contribution in [1.82, 2.24) is 14.8 Å². The number of rotatable bonds is 3. The number of fused-ring (bicyclic) bond motifs is 2. The molecular formula is C16H23N3O2. The van der Waals surface area contributed by atoms with E-state index in [2.05, 4.69) is 23.7 Å². The van der Waals surface area contributed by atoms with Crippen LogP contribution in [0, 0.1) is 6.92 Å². The summed E-state index contributed by atoms with van der Waals surface area (Å²) in [5.41, 5.74) is 1.57. The Morgan fingerprint density at radius 1 is 1.38 bits per heavy atom. The van der Waals surface area contributed by atoms with Crippen molar-refractivity contribution in [3.8, 4) is 5.88 Å². The second-order valence-corrected chi connectivity index (χ2v) is 6.35. The van der Waals surface area contributed by atoms with Crippen molar-refractivity contribution in [1.29, 1.82) is 0 Å². The van der Waals surface area contributed by atoms with Crippen LogP contribution in [0.25, 0.3) is 0 Å². The molecule has 2 bridgehead atoms. The van der Waals surface area contributed by atoms with Crippen LogP contribution in [0.15, 0.2) is 12.3 Å². The highest BCUT2D eigenvalue weighted by atomic mass is 16.5. The SMILES string of the molecule is COc1ncc(C(=O)N2C3CC2CN(C(C)C)C3)cc1C. The first kappa shape index (κ1) is 14.3. The Labute approximate surface area is 125 Å². The zero-order valence-corrected chi connectivity index (χ0v) is 13.2. The molecule has 1 amide bonds. The molecule has 2 aliphatic rings. The maximum Gasteiger partial charge on any atom is 0.256 e. The second-order valence-electron chi connectivity index (χ2n) is 6.35. The van der Waals surface area contributed by atoms with Gasteiger partial charge in [0.25, 0.3) is 5.91 Å². The molecule has 21 heavy (non-hydrogen) atoms. The quantitative estimate of drug-likeness (QED) is 0.850. The van der Waals surface area contributed by atoms with Gasteiger partial charge in [0.2, 0.25) is 5.88 Å². The van der Waals surface area contributed by atoms with E-state index in [-0.39, 0.29) is 5.91 Å². The van der Waals surface area contributed by atoms with Crippen molar-refractivity contribution in [2.24, 2.45) is 0 Å². The lowest BCUT2D eigenvalue weighted by atomic mass is 9.86. The van der Waals surface area contributed by atoms with Crippen LogP contribution < -0.4 is 4.74 Å². The predicted octanol–water partition coefficient (Wildman–Crippen LogP) is 1.71. The number of hydrogen-bond donors (Lipinski definition) is 0. The molecule has 0 N–H and O–H groups in total. The molecule has 5 nitrogen and oxygen atoms in total. The summed E-state index contributed by atoms with van der Waals surface area (Å²) in [6.07, 6.45) is 2.76. The third-order valence-electron chi connectivity index (χ3n) is 4.66. The van der Waals surface area contributed by atoms with Crippen molar-refractivity contribution in [3.05, 3.63) is 23.4 Å². The average molecular weight is 289 g/mol. The molecule has 1 aromatic heterocycles. The minimum atomic E-state index is 0.109. The molecule has 2 aliphatic heterocycles. The van der Waals surface area contributed by atoms with Gasteiger partial charge in [-0.2, -0.15) is 0 Å². The summed E-state index contributed by atoms with van der Waals surface area (Å²) in [6.45, 7) is 8.33. The van der Waals surface area contributed by atoms with Gasteiger partial charge in [0.05, 0.1) is 12.7 Å². The Morgan fingerprint density at radius 2 is 2.05 bits per heavy atom. The number of nitrogens with zero attached hydrogens (tertiary/aromatic N) is 3. The summed E-state index contributed by atoms with van der Waals surface area (Å²) in [5.74, 6) is 0.694. The Bertz CT molecular complexity index is 546. The lowest BCUT2D eigenvalue weighted by molar-refractivity contribution is -0.0563. The summed E-state index contributed by atoms with van der Waals surface area (Å²) in [6, 6.07) is 3.15. The lowest BCUT2D eigenvalue weighted by Gasteiger charge is -2.57. The number of ether oxygens (including phenoxy) is 1. The number of aryl methyl sites for hydroxylation is 1. The van der Waals surface area contributed by atoms with Gasteiger partial charge in [-0.05, 0) is 33.3 Å². The molecule has 3 heterocycles. The maximum absolute atomic E-state index is 12.7. The van der Waals surface area contributed by atoms with Gasteiger partial charge in [-0.25, -0.2) is 4.98 Å². The molecule has 0 aliphatic carbocycles. The molecule has 0 spiro atoms. The molecule has 0 radical (unpaired) electrons. The summed E-state index contributed by atoms with van der Waals surface area (Å²) in [7, 11) is 1.59. The maximum atomic E-state index is 12.7. The number of carbonyl (C=O) groups excluding carboxylic acids is 1. The fourth-order valence-corrected chi connectivity index (χ4v) is 3.44. The van der Waals surface area contributed by atoms with Gasteiger partial charge in [0, 0.05) is 43.0 Å². The van der Waals surface area contributed by atoms with Gasteiger partial charge >= 0.3 is 0 Å². The molecule has 0 aromatic carbocycles. The summed E-state index contributed by atoms with van der Waals surface area (Å²) >= 11 is 0. The van der Waals surface area contributed by atoms with Crippen molar-refractivity contribution in [2.45, 2.75) is 45.3 Å². The van der Waals surface area contributed by atoms with Gasteiger partial charge in [0.15, 0.2) is 0 Å². The molecule has 3 rings (SSSR count). The molecular weight excluding hydrogens is 266 g/mol. The first-order chi connectivity index (χ1) is 10.0. The van der Waals surface area contributed by atoms with Gasteiger partial charge in [-0.1, -0.05) is 0 Å². The van der Waals surface area contributed by atoms with Crippen LogP contribution in [0.4, 0.5) is 0 Å². The Balaban J connectivity index is 1.74. The van der Waals surface area contributed by atoms with E-state index in [1.165, 1.54) is 0 Å². The van der Waals surface area contributed by atoms with Crippen molar-refractivity contribution < 1.29 is 9.53 Å². The van der Waals surface area contributed by atoms with Crippen molar-refractivity contribution in [2.75, 3.05) is 20.2 Å². The first-order valence-electron chi connectivity index (χ1n) is 7.58. The molecule has 114 valence electrons. The standard InChI is InChI=1S/C16H23N3O2/c1-10(2)18-8-13-6-14(9-18)19(13)16(20)12-5-11(3)15(21-4)17-7-12/h5,7,10,13-14H,6,8-9H2,1-4H3. The number of piperazine rings is 1. The largest absolute Gasteiger partial charge is 0.481 e. The molecule has 2 saturated heterocycles. The number of methoxy groups -OCH3 is 1. The third-order valence-corrected chi connectivity index (χ3v) is 4.66. The van der Waals surface area contributed by atoms with E-state index >= 15 is 0 Å². The highest BCUT2D eigenvalue weighted by Gasteiger charge is 2.47. The Kier molecular flexibility index (Phi) is 3.61. The van der Waals surface area contributed by atoms with Crippen LogP contribution in [0.1, 0.15) is 36.2 Å². The second kappa shape index (κ2) is 5.30.